The summed E-state index contributed by atoms with van der Waals surface area (Å²) in [5.41, 5.74) is 7.09. The Hall–Kier alpha value is -1.81. The standard InChI is InChI=1S/C17H21N3O3S.HI/c1-22-15-6-5-12(10-14(15)16(21)23-2)11-20-17(18)19-8-7-13-4-3-9-24-13;/h3-6,9-10H,7-8,11H2,1-2H3,(H3,18,19,20);1H. The van der Waals surface area contributed by atoms with Gasteiger partial charge in [-0.1, -0.05) is 12.1 Å². The molecule has 0 saturated heterocycles. The third-order valence-electron chi connectivity index (χ3n) is 3.36. The molecular formula is C17H22IN3O3S. The van der Waals surface area contributed by atoms with E-state index in [2.05, 4.69) is 21.8 Å². The van der Waals surface area contributed by atoms with Gasteiger partial charge in [0, 0.05) is 11.4 Å². The van der Waals surface area contributed by atoms with Crippen LogP contribution in [-0.2, 0) is 17.7 Å². The van der Waals surface area contributed by atoms with Gasteiger partial charge < -0.3 is 20.5 Å². The fourth-order valence-corrected chi connectivity index (χ4v) is 2.83. The lowest BCUT2D eigenvalue weighted by molar-refractivity contribution is 0.0597. The highest BCUT2D eigenvalue weighted by atomic mass is 127. The van der Waals surface area contributed by atoms with Gasteiger partial charge in [-0.2, -0.15) is 0 Å². The first-order valence-electron chi connectivity index (χ1n) is 7.45. The van der Waals surface area contributed by atoms with Crippen molar-refractivity contribution < 1.29 is 14.3 Å². The number of carbonyl (C=O) groups excluding carboxylic acids is 1. The monoisotopic (exact) mass is 475 g/mol. The van der Waals surface area contributed by atoms with Crippen LogP contribution >= 0.6 is 35.3 Å². The Balaban J connectivity index is 0.00000312. The van der Waals surface area contributed by atoms with Crippen molar-refractivity contribution in [3.05, 3.63) is 51.7 Å². The highest BCUT2D eigenvalue weighted by molar-refractivity contribution is 14.0. The topological polar surface area (TPSA) is 85.9 Å². The van der Waals surface area contributed by atoms with Crippen molar-refractivity contribution in [2.24, 2.45) is 10.7 Å². The summed E-state index contributed by atoms with van der Waals surface area (Å²) in [6, 6.07) is 9.38. The Morgan fingerprint density at radius 2 is 2.12 bits per heavy atom. The van der Waals surface area contributed by atoms with Crippen LogP contribution in [0.2, 0.25) is 0 Å². The minimum Gasteiger partial charge on any atom is -0.496 e. The number of nitrogens with one attached hydrogen (secondary N) is 1. The molecule has 0 saturated carbocycles. The van der Waals surface area contributed by atoms with Gasteiger partial charge in [0.25, 0.3) is 0 Å². The molecule has 2 aromatic rings. The van der Waals surface area contributed by atoms with E-state index in [1.807, 2.05) is 12.1 Å². The molecule has 0 bridgehead atoms. The predicted octanol–water partition coefficient (Wildman–Crippen LogP) is 2.81. The van der Waals surface area contributed by atoms with Crippen LogP contribution in [0.3, 0.4) is 0 Å². The lowest BCUT2D eigenvalue weighted by Crippen LogP contribution is -2.33. The molecule has 0 amide bonds. The number of guanidine groups is 1. The molecule has 3 N–H and O–H groups in total. The van der Waals surface area contributed by atoms with Gasteiger partial charge >= 0.3 is 5.97 Å². The van der Waals surface area contributed by atoms with Crippen LogP contribution in [0.1, 0.15) is 20.8 Å². The SMILES string of the molecule is COC(=O)c1cc(CN=C(N)NCCc2cccs2)ccc1OC.I. The fourth-order valence-electron chi connectivity index (χ4n) is 2.12. The summed E-state index contributed by atoms with van der Waals surface area (Å²) in [6.07, 6.45) is 0.906. The predicted molar refractivity (Wildman–Crippen MR) is 111 cm³/mol. The Labute approximate surface area is 168 Å². The number of aliphatic imine (C=N–C) groups is 1. The molecule has 0 unspecified atom stereocenters. The van der Waals surface area contributed by atoms with Gasteiger partial charge in [-0.3, -0.25) is 0 Å². The molecule has 2 rings (SSSR count). The van der Waals surface area contributed by atoms with Crippen molar-refractivity contribution in [1.82, 2.24) is 5.32 Å². The number of hydrogen-bond acceptors (Lipinski definition) is 5. The lowest BCUT2D eigenvalue weighted by atomic mass is 10.1. The van der Waals surface area contributed by atoms with Crippen molar-refractivity contribution in [3.63, 3.8) is 0 Å². The van der Waals surface area contributed by atoms with Gasteiger partial charge in [0.2, 0.25) is 0 Å². The van der Waals surface area contributed by atoms with Crippen molar-refractivity contribution in [2.45, 2.75) is 13.0 Å². The van der Waals surface area contributed by atoms with E-state index in [0.717, 1.165) is 18.5 Å². The van der Waals surface area contributed by atoms with Gasteiger partial charge in [0.15, 0.2) is 5.96 Å². The summed E-state index contributed by atoms with van der Waals surface area (Å²) in [5, 5.41) is 5.13. The van der Waals surface area contributed by atoms with Crippen molar-refractivity contribution in [2.75, 3.05) is 20.8 Å². The number of nitrogens with two attached hydrogens (primary N) is 1. The minimum absolute atomic E-state index is 0. The average molecular weight is 475 g/mol. The van der Waals surface area contributed by atoms with Gasteiger partial charge in [-0.25, -0.2) is 9.79 Å². The number of rotatable bonds is 7. The van der Waals surface area contributed by atoms with Crippen molar-refractivity contribution in [1.29, 1.82) is 0 Å². The van der Waals surface area contributed by atoms with Crippen LogP contribution in [0.4, 0.5) is 0 Å². The van der Waals surface area contributed by atoms with Crippen LogP contribution in [-0.4, -0.2) is 32.7 Å². The molecule has 0 aliphatic rings. The second kappa shape index (κ2) is 10.9. The molecule has 1 aromatic carbocycles. The van der Waals surface area contributed by atoms with Gasteiger partial charge in [-0.15, -0.1) is 35.3 Å². The van der Waals surface area contributed by atoms with Gasteiger partial charge in [0.1, 0.15) is 11.3 Å². The Bertz CT molecular complexity index is 705. The van der Waals surface area contributed by atoms with Crippen LogP contribution in [0.25, 0.3) is 0 Å². The number of carbonyl (C=O) groups is 1. The summed E-state index contributed by atoms with van der Waals surface area (Å²) in [5.74, 6) is 0.401. The van der Waals surface area contributed by atoms with E-state index in [0.29, 0.717) is 23.8 Å². The number of hydrogen-bond donors (Lipinski definition) is 2. The highest BCUT2D eigenvalue weighted by Gasteiger charge is 2.13. The van der Waals surface area contributed by atoms with E-state index < -0.39 is 5.97 Å². The van der Waals surface area contributed by atoms with Crippen molar-refractivity contribution >= 4 is 47.2 Å². The second-order valence-electron chi connectivity index (χ2n) is 4.98. The van der Waals surface area contributed by atoms with E-state index in [9.17, 15) is 4.79 Å². The maximum Gasteiger partial charge on any atom is 0.341 e. The zero-order valence-corrected chi connectivity index (χ0v) is 17.3. The summed E-state index contributed by atoms with van der Waals surface area (Å²) in [6.45, 7) is 1.09. The first-order chi connectivity index (χ1) is 11.6. The Morgan fingerprint density at radius 3 is 2.76 bits per heavy atom. The second-order valence-corrected chi connectivity index (χ2v) is 6.02. The number of methoxy groups -OCH3 is 2. The molecular weight excluding hydrogens is 453 g/mol. The van der Waals surface area contributed by atoms with Crippen LogP contribution in [0.5, 0.6) is 5.75 Å². The van der Waals surface area contributed by atoms with Crippen LogP contribution in [0, 0.1) is 0 Å². The summed E-state index contributed by atoms with van der Waals surface area (Å²) >= 11 is 1.72. The first-order valence-corrected chi connectivity index (χ1v) is 8.33. The molecule has 0 atom stereocenters. The summed E-state index contributed by atoms with van der Waals surface area (Å²) < 4.78 is 9.92. The molecule has 0 fully saturated rings. The van der Waals surface area contributed by atoms with E-state index in [1.165, 1.54) is 19.1 Å². The van der Waals surface area contributed by atoms with E-state index in [4.69, 9.17) is 15.2 Å². The zero-order chi connectivity index (χ0) is 17.4. The molecule has 136 valence electrons. The molecule has 8 heteroatoms. The maximum absolute atomic E-state index is 11.8. The van der Waals surface area contributed by atoms with Gasteiger partial charge in [-0.05, 0) is 35.6 Å². The molecule has 1 heterocycles. The molecule has 0 aliphatic heterocycles. The number of nitrogens with zero attached hydrogens (tertiary/aromatic N) is 1. The zero-order valence-electron chi connectivity index (χ0n) is 14.2. The highest BCUT2D eigenvalue weighted by Crippen LogP contribution is 2.21. The van der Waals surface area contributed by atoms with E-state index in [1.54, 1.807) is 23.5 Å². The average Bonchev–Trinajstić information content (AvgIpc) is 3.12. The molecule has 0 radical (unpaired) electrons. The maximum atomic E-state index is 11.8. The first kappa shape index (κ1) is 21.2. The number of benzene rings is 1. The number of ether oxygens (including phenoxy) is 2. The summed E-state index contributed by atoms with van der Waals surface area (Å²) in [7, 11) is 2.84. The molecule has 0 aliphatic carbocycles. The van der Waals surface area contributed by atoms with Crippen molar-refractivity contribution in [3.8, 4) is 5.75 Å². The van der Waals surface area contributed by atoms with E-state index >= 15 is 0 Å². The van der Waals surface area contributed by atoms with Gasteiger partial charge in [0.05, 0.1) is 20.8 Å². The number of esters is 1. The largest absolute Gasteiger partial charge is 0.496 e. The molecule has 0 spiro atoms. The minimum atomic E-state index is -0.445. The van der Waals surface area contributed by atoms with Crippen LogP contribution < -0.4 is 15.8 Å². The number of halogens is 1. The Kier molecular flexibility index (Phi) is 9.28. The van der Waals surface area contributed by atoms with Crippen LogP contribution in [0.15, 0.2) is 40.7 Å². The molecule has 25 heavy (non-hydrogen) atoms. The summed E-state index contributed by atoms with van der Waals surface area (Å²) in [4.78, 5) is 17.4. The third kappa shape index (κ3) is 6.54. The lowest BCUT2D eigenvalue weighted by Gasteiger charge is -2.09. The normalized spacial score (nSPS) is 10.7. The molecule has 6 nitrogen and oxygen atoms in total. The fraction of sp³-hybridized carbons (Fsp3) is 0.294. The third-order valence-corrected chi connectivity index (χ3v) is 4.29. The Morgan fingerprint density at radius 1 is 1.32 bits per heavy atom. The quantitative estimate of drug-likeness (QED) is 0.279. The smallest absolute Gasteiger partial charge is 0.341 e. The molecule has 1 aromatic heterocycles. The van der Waals surface area contributed by atoms with E-state index in [-0.39, 0.29) is 24.0 Å². The number of thiophene rings is 1.